The molecule has 0 saturated heterocycles. The second-order valence-corrected chi connectivity index (χ2v) is 11.7. The van der Waals surface area contributed by atoms with Crippen LogP contribution >= 0.6 is 0 Å². The van der Waals surface area contributed by atoms with Crippen molar-refractivity contribution in [1.82, 2.24) is 4.98 Å². The third kappa shape index (κ3) is 8.23. The predicted octanol–water partition coefficient (Wildman–Crippen LogP) is 5.53. The number of aliphatic hydroxyl groups excluding tert-OH is 1. The molecule has 43 heavy (non-hydrogen) atoms. The van der Waals surface area contributed by atoms with Gasteiger partial charge in [-0.3, -0.25) is 4.79 Å². The van der Waals surface area contributed by atoms with Crippen LogP contribution in [0.5, 0.6) is 23.0 Å². The number of ketones is 1. The number of nitrogens with zero attached hydrogens (tertiary/aromatic N) is 2. The van der Waals surface area contributed by atoms with Gasteiger partial charge in [0.1, 0.15) is 17.9 Å². The van der Waals surface area contributed by atoms with Gasteiger partial charge in [0.15, 0.2) is 29.2 Å². The zero-order valence-electron chi connectivity index (χ0n) is 24.6. The fourth-order valence-corrected chi connectivity index (χ4v) is 6.06. The number of allylic oxidation sites excluding steroid dienone is 1. The quantitative estimate of drug-likeness (QED) is 0.201. The smallest absolute Gasteiger partial charge is 0.176 e. The summed E-state index contributed by atoms with van der Waals surface area (Å²) in [6, 6.07) is 12.4. The zero-order valence-corrected chi connectivity index (χ0v) is 24.6. The second-order valence-electron chi connectivity index (χ2n) is 11.7. The molecule has 3 atom stereocenters. The second kappa shape index (κ2) is 14.3. The molecule has 5 rings (SSSR count). The van der Waals surface area contributed by atoms with Crippen molar-refractivity contribution in [3.05, 3.63) is 89.7 Å². The molecule has 0 spiro atoms. The van der Waals surface area contributed by atoms with Gasteiger partial charge >= 0.3 is 0 Å². The molecule has 2 aromatic carbocycles. The maximum absolute atomic E-state index is 13.8. The molecular weight excluding hydrogens is 544 g/mol. The molecule has 2 heterocycles. The van der Waals surface area contributed by atoms with Crippen LogP contribution in [-0.4, -0.2) is 46.6 Å². The van der Waals surface area contributed by atoms with E-state index >= 15 is 0 Å². The van der Waals surface area contributed by atoms with Crippen LogP contribution in [0.3, 0.4) is 0 Å². The maximum atomic E-state index is 13.8. The van der Waals surface area contributed by atoms with Gasteiger partial charge in [0.05, 0.1) is 25.4 Å². The SMILES string of the molecule is COc1cc(C[C@@H](CC2=C[CH+]N=C2)C(=O)C[C@@H](O)[C@H](Cc2cc[n-]c2)Cc2ccc(O)c(OC3CCCC3)c2)ccc1O. The lowest BCUT2D eigenvalue weighted by Crippen LogP contribution is -2.30. The molecule has 226 valence electrons. The van der Waals surface area contributed by atoms with Crippen molar-refractivity contribution in [3.63, 3.8) is 0 Å². The highest BCUT2D eigenvalue weighted by molar-refractivity contribution is 5.86. The Morgan fingerprint density at radius 3 is 2.35 bits per heavy atom. The summed E-state index contributed by atoms with van der Waals surface area (Å²) in [6.45, 7) is 1.71. The molecule has 2 aliphatic rings. The molecule has 8 nitrogen and oxygen atoms in total. The van der Waals surface area contributed by atoms with E-state index in [0.29, 0.717) is 37.2 Å². The summed E-state index contributed by atoms with van der Waals surface area (Å²) in [5.74, 6) is 0.284. The highest BCUT2D eigenvalue weighted by Gasteiger charge is 2.30. The lowest BCUT2D eigenvalue weighted by atomic mass is 9.82. The highest BCUT2D eigenvalue weighted by atomic mass is 16.5. The van der Waals surface area contributed by atoms with Crippen LogP contribution in [0, 0.1) is 18.4 Å². The lowest BCUT2D eigenvalue weighted by molar-refractivity contribution is -0.125. The number of hydrogen-bond acceptors (Lipinski definition) is 7. The fourth-order valence-electron chi connectivity index (χ4n) is 6.06. The first-order valence-electron chi connectivity index (χ1n) is 15.0. The minimum absolute atomic E-state index is 0.00363. The number of Topliss-reactive ketones (excluding diaryl/α,β-unsaturated/α-hetero) is 1. The van der Waals surface area contributed by atoms with Crippen molar-refractivity contribution in [2.75, 3.05) is 7.11 Å². The Labute approximate surface area is 253 Å². The molecule has 1 saturated carbocycles. The van der Waals surface area contributed by atoms with Gasteiger partial charge < -0.3 is 29.8 Å². The molecule has 0 radical (unpaired) electrons. The van der Waals surface area contributed by atoms with Crippen LogP contribution < -0.4 is 14.5 Å². The van der Waals surface area contributed by atoms with E-state index in [4.69, 9.17) is 9.47 Å². The number of phenols is 2. The van der Waals surface area contributed by atoms with Gasteiger partial charge in [0.2, 0.25) is 0 Å². The topological polar surface area (TPSA) is 123 Å². The summed E-state index contributed by atoms with van der Waals surface area (Å²) in [5, 5.41) is 32.0. The van der Waals surface area contributed by atoms with Crippen LogP contribution in [0.4, 0.5) is 0 Å². The van der Waals surface area contributed by atoms with Crippen molar-refractivity contribution in [3.8, 4) is 23.0 Å². The molecule has 3 N–H and O–H groups in total. The first-order valence-corrected chi connectivity index (χ1v) is 15.0. The monoisotopic (exact) mass is 584 g/mol. The lowest BCUT2D eigenvalue weighted by Gasteiger charge is -2.25. The zero-order chi connectivity index (χ0) is 30.2. The highest BCUT2D eigenvalue weighted by Crippen LogP contribution is 2.34. The summed E-state index contributed by atoms with van der Waals surface area (Å²) in [5.41, 5.74) is 3.74. The number of benzene rings is 2. The van der Waals surface area contributed by atoms with Gasteiger partial charge in [-0.05, 0) is 86.3 Å². The number of carbonyl (C=O) groups excluding carboxylic acids is 1. The third-order valence-corrected chi connectivity index (χ3v) is 8.46. The van der Waals surface area contributed by atoms with E-state index in [1.54, 1.807) is 49.4 Å². The minimum atomic E-state index is -0.898. The average Bonchev–Trinajstić information content (AvgIpc) is 3.80. The molecule has 0 bridgehead atoms. The molecule has 1 fully saturated rings. The Morgan fingerprint density at radius 2 is 1.67 bits per heavy atom. The molecular formula is C35H40N2O6. The van der Waals surface area contributed by atoms with E-state index in [0.717, 1.165) is 47.9 Å². The number of hydrogen-bond donors (Lipinski definition) is 3. The maximum Gasteiger partial charge on any atom is 0.176 e. The fraction of sp³-hybridized carbons (Fsp3) is 0.400. The van der Waals surface area contributed by atoms with Gasteiger partial charge in [-0.15, -0.1) is 4.99 Å². The Morgan fingerprint density at radius 1 is 0.977 bits per heavy atom. The van der Waals surface area contributed by atoms with Crippen LogP contribution in [0.1, 0.15) is 55.2 Å². The molecule has 8 heteroatoms. The van der Waals surface area contributed by atoms with Crippen molar-refractivity contribution in [2.45, 2.75) is 70.0 Å². The first-order chi connectivity index (χ1) is 20.9. The number of rotatable bonds is 15. The van der Waals surface area contributed by atoms with Crippen molar-refractivity contribution in [2.24, 2.45) is 16.8 Å². The number of ether oxygens (including phenoxy) is 2. The standard InChI is InChI=1S/C35H40N2O6/c1-42-34-18-23(6-8-30(34)38)14-27(16-25-10-12-36-21-25)32(40)20-33(41)28(17-26-11-13-37-22-26)15-24-7-9-31(39)35(19-24)43-29-4-2-3-5-29/h6-13,18-19,21-22,27-29,33,38-39,41H,2-5,14-17,20H2,1H3/t27-,28-,33+/m0/s1. The normalized spacial score (nSPS) is 16.8. The van der Waals surface area contributed by atoms with E-state index in [-0.39, 0.29) is 35.7 Å². The van der Waals surface area contributed by atoms with Crippen LogP contribution in [0.2, 0.25) is 0 Å². The number of aromatic nitrogens is 1. The molecule has 0 amide bonds. The van der Waals surface area contributed by atoms with E-state index in [1.807, 2.05) is 24.3 Å². The number of methoxy groups -OCH3 is 1. The van der Waals surface area contributed by atoms with Gasteiger partial charge in [-0.2, -0.15) is 12.4 Å². The summed E-state index contributed by atoms with van der Waals surface area (Å²) >= 11 is 0. The number of aliphatic hydroxyl groups is 1. The predicted molar refractivity (Wildman–Crippen MR) is 165 cm³/mol. The molecule has 1 aliphatic carbocycles. The van der Waals surface area contributed by atoms with Gasteiger partial charge in [-0.25, -0.2) is 0 Å². The van der Waals surface area contributed by atoms with Crippen molar-refractivity contribution in [1.29, 1.82) is 0 Å². The van der Waals surface area contributed by atoms with E-state index in [9.17, 15) is 20.1 Å². The number of aliphatic imine (C=N–C) groups is 1. The molecule has 1 aromatic heterocycles. The van der Waals surface area contributed by atoms with E-state index in [1.165, 1.54) is 7.11 Å². The summed E-state index contributed by atoms with van der Waals surface area (Å²) < 4.78 is 11.4. The minimum Gasteiger partial charge on any atom is -0.670 e. The Balaban J connectivity index is 1.33. The van der Waals surface area contributed by atoms with Gasteiger partial charge in [-0.1, -0.05) is 23.8 Å². The Kier molecular flexibility index (Phi) is 10.1. The molecule has 0 unspecified atom stereocenters. The largest absolute Gasteiger partial charge is 0.670 e. The summed E-state index contributed by atoms with van der Waals surface area (Å²) in [7, 11) is 1.49. The van der Waals surface area contributed by atoms with Crippen LogP contribution in [-0.2, 0) is 24.1 Å². The van der Waals surface area contributed by atoms with Gasteiger partial charge in [0.25, 0.3) is 0 Å². The molecule has 1 aliphatic heterocycles. The summed E-state index contributed by atoms with van der Waals surface area (Å²) in [4.78, 5) is 22.2. The van der Waals surface area contributed by atoms with E-state index in [2.05, 4.69) is 9.98 Å². The third-order valence-electron chi connectivity index (χ3n) is 8.46. The summed E-state index contributed by atoms with van der Waals surface area (Å²) in [6.07, 6.45) is 12.6. The Hall–Kier alpha value is -4.17. The average molecular weight is 585 g/mol. The van der Waals surface area contributed by atoms with Crippen molar-refractivity contribution >= 4 is 12.0 Å². The first kappa shape index (κ1) is 30.3. The van der Waals surface area contributed by atoms with Crippen LogP contribution in [0.15, 0.2) is 71.5 Å². The number of aromatic hydroxyl groups is 2. The number of carbonyl (C=O) groups is 1. The van der Waals surface area contributed by atoms with Crippen LogP contribution in [0.25, 0.3) is 0 Å². The van der Waals surface area contributed by atoms with E-state index < -0.39 is 12.0 Å². The Bertz CT molecular complexity index is 1420. The number of phenolic OH excluding ortho intramolecular Hbond substituents is 2. The van der Waals surface area contributed by atoms with Crippen molar-refractivity contribution < 1.29 is 29.6 Å². The van der Waals surface area contributed by atoms with Gasteiger partial charge in [0, 0.05) is 18.8 Å². The molecule has 3 aromatic rings.